The van der Waals surface area contributed by atoms with Crippen LogP contribution in [-0.4, -0.2) is 23.0 Å². The molecule has 48 valence electrons. The van der Waals surface area contributed by atoms with Gasteiger partial charge in [0.15, 0.2) is 0 Å². The lowest BCUT2D eigenvalue weighted by molar-refractivity contribution is 0.272. The number of ether oxygens (including phenoxy) is 2. The predicted molar refractivity (Wildman–Crippen MR) is 36.5 cm³/mol. The maximum Gasteiger partial charge on any atom is 0.203 e. The number of methoxy groups -OCH3 is 2. The lowest BCUT2D eigenvalue weighted by Crippen LogP contribution is -1.91. The smallest absolute Gasteiger partial charge is 0.203 e. The molecule has 0 fully saturated rings. The first kappa shape index (κ1) is 7.85. The summed E-state index contributed by atoms with van der Waals surface area (Å²) >= 11 is 5.51. The first-order chi connectivity index (χ1) is 3.85. The Kier molecular flexibility index (Phi) is 4.90. The Morgan fingerprint density at radius 2 is 2.25 bits per heavy atom. The van der Waals surface area contributed by atoms with Crippen molar-refractivity contribution in [2.45, 2.75) is 0 Å². The van der Waals surface area contributed by atoms with Gasteiger partial charge in [-0.05, 0) is 0 Å². The molecule has 0 radical (unpaired) electrons. The van der Waals surface area contributed by atoms with Crippen molar-refractivity contribution < 1.29 is 9.47 Å². The van der Waals surface area contributed by atoms with Crippen molar-refractivity contribution in [2.75, 3.05) is 14.2 Å². The average Bonchev–Trinajstić information content (AvgIpc) is 1.83. The van der Waals surface area contributed by atoms with Crippen LogP contribution in [-0.2, 0) is 9.47 Å². The van der Waals surface area contributed by atoms with E-state index in [1.165, 1.54) is 6.26 Å². The molecule has 0 aliphatic carbocycles. The van der Waals surface area contributed by atoms with Crippen LogP contribution in [0.4, 0.5) is 0 Å². The molecule has 0 N–H and O–H groups in total. The van der Waals surface area contributed by atoms with E-state index < -0.39 is 8.83 Å². The maximum atomic E-state index is 5.51. The normalized spacial score (nSPS) is 12.6. The molecule has 4 heteroatoms. The van der Waals surface area contributed by atoms with Gasteiger partial charge in [-0.15, -0.1) is 0 Å². The summed E-state index contributed by atoms with van der Waals surface area (Å²) in [4.78, 5) is 0. The Labute approximate surface area is 56.0 Å². The van der Waals surface area contributed by atoms with E-state index in [9.17, 15) is 0 Å². The van der Waals surface area contributed by atoms with Crippen LogP contribution in [0, 0.1) is 0 Å². The van der Waals surface area contributed by atoms with Gasteiger partial charge in [0.25, 0.3) is 0 Å². The second kappa shape index (κ2) is 4.99. The molecule has 0 saturated carbocycles. The Balaban J connectivity index is 3.49. The fraction of sp³-hybridized carbons (Fsp3) is 0.500. The summed E-state index contributed by atoms with van der Waals surface area (Å²) in [5, 5.41) is 0.772. The van der Waals surface area contributed by atoms with E-state index in [0.29, 0.717) is 0 Å². The molecule has 0 atom stereocenters. The molecule has 2 nitrogen and oxygen atoms in total. The van der Waals surface area contributed by atoms with Crippen molar-refractivity contribution in [2.24, 2.45) is 0 Å². The van der Waals surface area contributed by atoms with Crippen molar-refractivity contribution >= 4 is 19.9 Å². The van der Waals surface area contributed by atoms with Gasteiger partial charge in [-0.1, -0.05) is 0 Å². The summed E-state index contributed by atoms with van der Waals surface area (Å²) < 4.78 is 9.45. The van der Waals surface area contributed by atoms with E-state index in [-0.39, 0.29) is 0 Å². The number of halogens is 1. The van der Waals surface area contributed by atoms with E-state index in [0.717, 1.165) is 5.38 Å². The highest BCUT2D eigenvalue weighted by Gasteiger charge is 1.90. The average molecular weight is 153 g/mol. The van der Waals surface area contributed by atoms with Gasteiger partial charge in [-0.25, -0.2) is 0 Å². The van der Waals surface area contributed by atoms with Gasteiger partial charge in [-0.3, -0.25) is 0 Å². The molecule has 0 bridgehead atoms. The second-order valence-corrected chi connectivity index (χ2v) is 2.92. The topological polar surface area (TPSA) is 18.5 Å². The summed E-state index contributed by atoms with van der Waals surface area (Å²) in [7, 11) is 2.46. The molecular formula is C4H9ClO2Si. The van der Waals surface area contributed by atoms with Crippen LogP contribution in [0.3, 0.4) is 0 Å². The van der Waals surface area contributed by atoms with Gasteiger partial charge in [0.05, 0.1) is 14.2 Å². The van der Waals surface area contributed by atoms with E-state index in [4.69, 9.17) is 15.8 Å². The van der Waals surface area contributed by atoms with Gasteiger partial charge >= 0.3 is 0 Å². The van der Waals surface area contributed by atoms with Crippen molar-refractivity contribution in [3.63, 3.8) is 0 Å². The molecule has 0 aliphatic heterocycles. The molecular weight excluding hydrogens is 144 g/mol. The standard InChI is InChI=1S/C4H9ClO2Si/c1-6-3-4(7-2)8-5/h3H,8H2,1-2H3. The van der Waals surface area contributed by atoms with Crippen molar-refractivity contribution in [3.8, 4) is 0 Å². The molecule has 0 spiro atoms. The molecule has 0 rings (SSSR count). The van der Waals surface area contributed by atoms with E-state index in [1.54, 1.807) is 14.2 Å². The summed E-state index contributed by atoms with van der Waals surface area (Å²) in [6.45, 7) is 0. The van der Waals surface area contributed by atoms with Crippen molar-refractivity contribution in [1.29, 1.82) is 0 Å². The monoisotopic (exact) mass is 152 g/mol. The third kappa shape index (κ3) is 2.93. The minimum atomic E-state index is -0.697. The largest absolute Gasteiger partial charge is 0.502 e. The lowest BCUT2D eigenvalue weighted by Gasteiger charge is -1.97. The van der Waals surface area contributed by atoms with Crippen LogP contribution in [0.5, 0.6) is 0 Å². The van der Waals surface area contributed by atoms with Gasteiger partial charge in [-0.2, -0.15) is 11.1 Å². The molecule has 0 aromatic rings. The van der Waals surface area contributed by atoms with E-state index >= 15 is 0 Å². The highest BCUT2D eigenvalue weighted by molar-refractivity contribution is 6.97. The lowest BCUT2D eigenvalue weighted by atomic mass is 11.0. The highest BCUT2D eigenvalue weighted by Crippen LogP contribution is 1.93. The molecule has 8 heavy (non-hydrogen) atoms. The van der Waals surface area contributed by atoms with Gasteiger partial charge in [0.2, 0.25) is 8.83 Å². The molecule has 0 saturated heterocycles. The summed E-state index contributed by atoms with van der Waals surface area (Å²) in [6, 6.07) is 0. The van der Waals surface area contributed by atoms with Crippen molar-refractivity contribution in [3.05, 3.63) is 11.6 Å². The fourth-order valence-electron chi connectivity index (χ4n) is 0.266. The number of hydrogen-bond donors (Lipinski definition) is 0. The summed E-state index contributed by atoms with van der Waals surface area (Å²) in [6.07, 6.45) is 1.53. The number of hydrogen-bond acceptors (Lipinski definition) is 2. The SMILES string of the molecule is COC=C(OC)[SiH2]Cl. The van der Waals surface area contributed by atoms with Crippen molar-refractivity contribution in [1.82, 2.24) is 0 Å². The summed E-state index contributed by atoms with van der Waals surface area (Å²) in [5.74, 6) is 0. The number of rotatable bonds is 3. The van der Waals surface area contributed by atoms with Gasteiger partial charge < -0.3 is 9.47 Å². The van der Waals surface area contributed by atoms with Gasteiger partial charge in [0.1, 0.15) is 11.6 Å². The maximum absolute atomic E-state index is 5.51. The first-order valence-electron chi connectivity index (χ1n) is 2.17. The van der Waals surface area contributed by atoms with Crippen LogP contribution in [0.2, 0.25) is 0 Å². The molecule has 0 aromatic carbocycles. The minimum absolute atomic E-state index is 0.697. The first-order valence-corrected chi connectivity index (χ1v) is 5.01. The van der Waals surface area contributed by atoms with Gasteiger partial charge in [0, 0.05) is 0 Å². The summed E-state index contributed by atoms with van der Waals surface area (Å²) in [5.41, 5.74) is 0. The minimum Gasteiger partial charge on any atom is -0.502 e. The molecule has 0 aliphatic rings. The zero-order valence-corrected chi connectivity index (χ0v) is 7.15. The van der Waals surface area contributed by atoms with Crippen LogP contribution >= 0.6 is 11.1 Å². The highest BCUT2D eigenvalue weighted by atomic mass is 35.6. The molecule has 0 aromatic heterocycles. The Hall–Kier alpha value is -0.153. The Morgan fingerprint density at radius 3 is 2.38 bits per heavy atom. The molecule has 0 heterocycles. The van der Waals surface area contributed by atoms with Crippen LogP contribution in [0.25, 0.3) is 0 Å². The fourth-order valence-corrected chi connectivity index (χ4v) is 1.12. The van der Waals surface area contributed by atoms with Crippen LogP contribution in [0.15, 0.2) is 11.6 Å². The van der Waals surface area contributed by atoms with Crippen LogP contribution in [0.1, 0.15) is 0 Å². The molecule has 0 unspecified atom stereocenters. The quantitative estimate of drug-likeness (QED) is 0.331. The zero-order valence-electron chi connectivity index (χ0n) is 4.98. The van der Waals surface area contributed by atoms with E-state index in [2.05, 4.69) is 4.74 Å². The third-order valence-electron chi connectivity index (χ3n) is 0.643. The van der Waals surface area contributed by atoms with Crippen LogP contribution < -0.4 is 0 Å². The molecule has 0 amide bonds. The predicted octanol–water partition coefficient (Wildman–Crippen LogP) is 0.401. The Morgan fingerprint density at radius 1 is 1.62 bits per heavy atom. The van der Waals surface area contributed by atoms with E-state index in [1.807, 2.05) is 0 Å². The Bertz CT molecular complexity index is 78.1. The third-order valence-corrected chi connectivity index (χ3v) is 2.15. The second-order valence-electron chi connectivity index (χ2n) is 1.16. The zero-order chi connectivity index (χ0) is 6.41.